The number of carbonyl (C=O) groups is 3. The number of hydrogen-bond acceptors (Lipinski definition) is 9. The molecular weight excluding hydrogens is 304 g/mol. The summed E-state index contributed by atoms with van der Waals surface area (Å²) in [7, 11) is 5.47. The summed E-state index contributed by atoms with van der Waals surface area (Å²) in [5.74, 6) is 0. The minimum Gasteiger partial charge on any atom is -0.354 e. The third-order valence-electron chi connectivity index (χ3n) is 2.23. The lowest BCUT2D eigenvalue weighted by molar-refractivity contribution is -0.0981. The number of hydrogen-bond donors (Lipinski definition) is 2. The van der Waals surface area contributed by atoms with E-state index >= 15 is 0 Å². The lowest BCUT2D eigenvalue weighted by Crippen LogP contribution is -2.38. The van der Waals surface area contributed by atoms with E-state index in [0.717, 1.165) is 0 Å². The van der Waals surface area contributed by atoms with Gasteiger partial charge in [0.1, 0.15) is 0 Å². The molecule has 11 nitrogen and oxygen atoms in total. The smallest absolute Gasteiger partial charge is 0.354 e. The fraction of sp³-hybridized carbons (Fsp3) is 0.727. The van der Waals surface area contributed by atoms with Crippen LogP contribution in [0.3, 0.4) is 0 Å². The molecule has 0 aromatic heterocycles. The zero-order valence-corrected chi connectivity index (χ0v) is 12.7. The molecule has 0 aromatic carbocycles. The Morgan fingerprint density at radius 1 is 0.727 bits per heavy atom. The molecule has 11 heteroatoms. The molecule has 0 heterocycles. The van der Waals surface area contributed by atoms with Crippen LogP contribution in [0.4, 0.5) is 14.4 Å². The van der Waals surface area contributed by atoms with Crippen molar-refractivity contribution in [1.29, 1.82) is 0 Å². The minimum absolute atomic E-state index is 0.0608. The Bertz CT molecular complexity index is 323. The Kier molecular flexibility index (Phi) is 10.6. The molecule has 0 fully saturated rings. The molecule has 0 aromatic rings. The van der Waals surface area contributed by atoms with Gasteiger partial charge in [-0.3, -0.25) is 0 Å². The maximum Gasteiger partial charge on any atom is 0.526 e. The van der Waals surface area contributed by atoms with Crippen molar-refractivity contribution in [2.45, 2.75) is 12.6 Å². The number of carbonyl (C=O) groups excluding carboxylic acids is 3. The van der Waals surface area contributed by atoms with Gasteiger partial charge in [0.2, 0.25) is 0 Å². The van der Waals surface area contributed by atoms with Gasteiger partial charge in [-0.2, -0.15) is 0 Å². The Balaban J connectivity index is 3.96. The first-order valence-electron chi connectivity index (χ1n) is 6.03. The van der Waals surface area contributed by atoms with E-state index in [1.165, 1.54) is 28.4 Å². The van der Waals surface area contributed by atoms with Crippen molar-refractivity contribution in [1.82, 2.24) is 10.6 Å². The molecule has 2 N–H and O–H groups in total. The van der Waals surface area contributed by atoms with Crippen LogP contribution in [0, 0.1) is 0 Å². The highest BCUT2D eigenvalue weighted by molar-refractivity contribution is 5.87. The summed E-state index contributed by atoms with van der Waals surface area (Å²) in [5, 5.41) is 4.35. The van der Waals surface area contributed by atoms with Crippen LogP contribution in [-0.2, 0) is 28.4 Å². The van der Waals surface area contributed by atoms with Crippen LogP contribution in [0.15, 0.2) is 0 Å². The first kappa shape index (κ1) is 20.1. The van der Waals surface area contributed by atoms with Gasteiger partial charge in [0.25, 0.3) is 0 Å². The maximum absolute atomic E-state index is 11.2. The second kappa shape index (κ2) is 11.7. The van der Waals surface area contributed by atoms with Gasteiger partial charge in [0, 0.05) is 28.4 Å². The minimum atomic E-state index is -1.49. The van der Waals surface area contributed by atoms with Gasteiger partial charge in [-0.1, -0.05) is 0 Å². The quantitative estimate of drug-likeness (QED) is 0.354. The molecule has 0 radical (unpaired) electrons. The number of amides is 2. The zero-order chi connectivity index (χ0) is 17.0. The Hall–Kier alpha value is -1.95. The van der Waals surface area contributed by atoms with Crippen LogP contribution >= 0.6 is 0 Å². The third-order valence-corrected chi connectivity index (χ3v) is 2.23. The molecule has 0 saturated heterocycles. The molecule has 0 atom stereocenters. The van der Waals surface area contributed by atoms with Crippen molar-refractivity contribution in [2.24, 2.45) is 0 Å². The maximum atomic E-state index is 11.2. The molecule has 0 unspecified atom stereocenters. The summed E-state index contributed by atoms with van der Waals surface area (Å²) in [6.45, 7) is -0.122. The number of methoxy groups -OCH3 is 4. The number of nitrogens with one attached hydrogen (secondary N) is 2. The largest absolute Gasteiger partial charge is 0.526 e. The first-order valence-corrected chi connectivity index (χ1v) is 6.03. The van der Waals surface area contributed by atoms with E-state index in [9.17, 15) is 14.4 Å². The van der Waals surface area contributed by atoms with Crippen LogP contribution in [0.5, 0.6) is 0 Å². The Labute approximate surface area is 127 Å². The summed E-state index contributed by atoms with van der Waals surface area (Å²) in [5.41, 5.74) is 0. The Morgan fingerprint density at radius 2 is 1.05 bits per heavy atom. The fourth-order valence-corrected chi connectivity index (χ4v) is 1.10. The zero-order valence-electron chi connectivity index (χ0n) is 12.7. The van der Waals surface area contributed by atoms with Gasteiger partial charge in [0.05, 0.1) is 13.1 Å². The SMILES string of the molecule is COC(CNC(=O)OC(=O)OC(=O)NCC(OC)OC)OC. The van der Waals surface area contributed by atoms with E-state index in [-0.39, 0.29) is 13.1 Å². The molecule has 22 heavy (non-hydrogen) atoms. The first-order chi connectivity index (χ1) is 10.5. The highest BCUT2D eigenvalue weighted by Gasteiger charge is 2.18. The van der Waals surface area contributed by atoms with Crippen molar-refractivity contribution in [3.8, 4) is 0 Å². The number of alkyl carbamates (subject to hydrolysis) is 2. The van der Waals surface area contributed by atoms with E-state index in [1.807, 2.05) is 0 Å². The van der Waals surface area contributed by atoms with E-state index in [2.05, 4.69) is 20.1 Å². The van der Waals surface area contributed by atoms with Crippen molar-refractivity contribution in [3.05, 3.63) is 0 Å². The van der Waals surface area contributed by atoms with Crippen LogP contribution in [0.25, 0.3) is 0 Å². The lowest BCUT2D eigenvalue weighted by Gasteiger charge is -2.14. The normalized spacial score (nSPS) is 10.5. The third kappa shape index (κ3) is 9.07. The molecule has 0 spiro atoms. The summed E-state index contributed by atoms with van der Waals surface area (Å²) < 4.78 is 27.5. The highest BCUT2D eigenvalue weighted by Crippen LogP contribution is 1.92. The van der Waals surface area contributed by atoms with Gasteiger partial charge in [-0.25, -0.2) is 14.4 Å². The van der Waals surface area contributed by atoms with E-state index < -0.39 is 30.9 Å². The monoisotopic (exact) mass is 324 g/mol. The Morgan fingerprint density at radius 3 is 1.32 bits per heavy atom. The molecule has 0 aliphatic rings. The van der Waals surface area contributed by atoms with Crippen molar-refractivity contribution < 1.29 is 42.8 Å². The van der Waals surface area contributed by atoms with Gasteiger partial charge < -0.3 is 39.1 Å². The average molecular weight is 324 g/mol. The van der Waals surface area contributed by atoms with Crippen LogP contribution in [0.2, 0.25) is 0 Å². The predicted octanol–water partition coefficient (Wildman–Crippen LogP) is -0.203. The number of ether oxygens (including phenoxy) is 6. The average Bonchev–Trinajstić information content (AvgIpc) is 2.49. The molecule has 0 bridgehead atoms. The summed E-state index contributed by atoms with van der Waals surface area (Å²) in [6, 6.07) is 0. The van der Waals surface area contributed by atoms with Crippen molar-refractivity contribution in [2.75, 3.05) is 41.5 Å². The van der Waals surface area contributed by atoms with Gasteiger partial charge in [-0.15, -0.1) is 0 Å². The van der Waals surface area contributed by atoms with E-state index in [4.69, 9.17) is 18.9 Å². The molecule has 128 valence electrons. The van der Waals surface area contributed by atoms with E-state index in [0.29, 0.717) is 0 Å². The van der Waals surface area contributed by atoms with Crippen LogP contribution < -0.4 is 10.6 Å². The fourth-order valence-electron chi connectivity index (χ4n) is 1.10. The topological polar surface area (TPSA) is 131 Å². The molecule has 0 saturated carbocycles. The summed E-state index contributed by atoms with van der Waals surface area (Å²) >= 11 is 0. The molecule has 0 aliphatic heterocycles. The standard InChI is InChI=1S/C11H20N2O9/c1-17-7(18-2)5-12-9(14)21-11(16)22-10(15)13-6-8(19-3)20-4/h7-8H,5-6H2,1-4H3,(H,12,14)(H,13,15). The van der Waals surface area contributed by atoms with Crippen LogP contribution in [-0.4, -0.2) is 72.5 Å². The second-order valence-electron chi connectivity index (χ2n) is 3.59. The van der Waals surface area contributed by atoms with Crippen molar-refractivity contribution in [3.63, 3.8) is 0 Å². The van der Waals surface area contributed by atoms with Gasteiger partial charge in [0.15, 0.2) is 12.6 Å². The molecule has 0 rings (SSSR count). The van der Waals surface area contributed by atoms with Crippen molar-refractivity contribution >= 4 is 18.3 Å². The predicted molar refractivity (Wildman–Crippen MR) is 70.0 cm³/mol. The molecule has 2 amide bonds. The molecular formula is C11H20N2O9. The summed E-state index contributed by atoms with van der Waals surface area (Å²) in [6.07, 6.45) is -5.14. The summed E-state index contributed by atoms with van der Waals surface area (Å²) in [4.78, 5) is 33.6. The number of rotatable bonds is 8. The van der Waals surface area contributed by atoms with E-state index in [1.54, 1.807) is 0 Å². The lowest BCUT2D eigenvalue weighted by atomic mass is 10.6. The molecule has 0 aliphatic carbocycles. The highest BCUT2D eigenvalue weighted by atomic mass is 16.8. The van der Waals surface area contributed by atoms with Crippen LogP contribution in [0.1, 0.15) is 0 Å². The van der Waals surface area contributed by atoms with Gasteiger partial charge in [-0.05, 0) is 0 Å². The van der Waals surface area contributed by atoms with Gasteiger partial charge >= 0.3 is 18.3 Å². The second-order valence-corrected chi connectivity index (χ2v) is 3.59.